The van der Waals surface area contributed by atoms with Gasteiger partial charge in [-0.3, -0.25) is 9.80 Å². The first kappa shape index (κ1) is 41.4. The number of aliphatic hydroxyl groups is 4. The van der Waals surface area contributed by atoms with Crippen molar-refractivity contribution in [1.82, 2.24) is 9.80 Å². The van der Waals surface area contributed by atoms with Gasteiger partial charge in [0.2, 0.25) is 0 Å². The molecule has 4 N–H and O–H groups in total. The number of carbonyl (C=O) groups excluding carboxylic acids is 3. The summed E-state index contributed by atoms with van der Waals surface area (Å²) in [6, 6.07) is 0. The van der Waals surface area contributed by atoms with E-state index in [2.05, 4.69) is 19.7 Å². The molecule has 0 amide bonds. The number of rotatable bonds is 26. The minimum absolute atomic E-state index is 0.119. The van der Waals surface area contributed by atoms with Gasteiger partial charge >= 0.3 is 17.9 Å². The summed E-state index contributed by atoms with van der Waals surface area (Å²) in [6.45, 7) is 16.4. The highest BCUT2D eigenvalue weighted by molar-refractivity contribution is 5.87. The van der Waals surface area contributed by atoms with Gasteiger partial charge in [-0.25, -0.2) is 14.4 Å². The zero-order chi connectivity index (χ0) is 33.7. The molecule has 0 bridgehead atoms. The molecule has 0 aromatic heterocycles. The standard InChI is InChI=1S/C31H54N2O11/c1-22(2)29(38)42-19-26(35)15-32(14-25(34)18-41-7)12-10-8-9-11-13-33(16-27(36)20-43-30(39)23(3)4)17-28(37)21-44-31(40)24(5)6/h25-28,34-37H,1,3,5,8-21H2,2,4,6-7H3. The second-order valence-corrected chi connectivity index (χ2v) is 11.1. The Morgan fingerprint density at radius 3 is 1.07 bits per heavy atom. The highest BCUT2D eigenvalue weighted by Gasteiger charge is 2.20. The van der Waals surface area contributed by atoms with Crippen LogP contribution in [0.3, 0.4) is 0 Å². The van der Waals surface area contributed by atoms with E-state index in [9.17, 15) is 34.8 Å². The Balaban J connectivity index is 4.92. The van der Waals surface area contributed by atoms with Crippen LogP contribution in [0.2, 0.25) is 0 Å². The predicted molar refractivity (Wildman–Crippen MR) is 165 cm³/mol. The van der Waals surface area contributed by atoms with E-state index in [0.717, 1.165) is 25.7 Å². The summed E-state index contributed by atoms with van der Waals surface area (Å²) < 4.78 is 20.1. The number of ether oxygens (including phenoxy) is 4. The highest BCUT2D eigenvalue weighted by atomic mass is 16.6. The van der Waals surface area contributed by atoms with Gasteiger partial charge in [0.05, 0.1) is 12.7 Å². The van der Waals surface area contributed by atoms with Crippen LogP contribution in [0.15, 0.2) is 36.5 Å². The van der Waals surface area contributed by atoms with E-state index >= 15 is 0 Å². The van der Waals surface area contributed by atoms with Gasteiger partial charge < -0.3 is 39.4 Å². The van der Waals surface area contributed by atoms with Gasteiger partial charge in [0, 0.05) is 50.0 Å². The summed E-state index contributed by atoms with van der Waals surface area (Å²) in [5.41, 5.74) is 0.678. The molecule has 0 aliphatic carbocycles. The molecule has 0 heterocycles. The quantitative estimate of drug-likeness (QED) is 0.0453. The largest absolute Gasteiger partial charge is 0.460 e. The van der Waals surface area contributed by atoms with Crippen LogP contribution in [0.5, 0.6) is 0 Å². The molecule has 0 spiro atoms. The van der Waals surface area contributed by atoms with Crippen LogP contribution >= 0.6 is 0 Å². The van der Waals surface area contributed by atoms with Crippen LogP contribution in [0.25, 0.3) is 0 Å². The minimum Gasteiger partial charge on any atom is -0.460 e. The monoisotopic (exact) mass is 630 g/mol. The van der Waals surface area contributed by atoms with E-state index in [1.54, 1.807) is 0 Å². The van der Waals surface area contributed by atoms with Crippen molar-refractivity contribution in [2.75, 3.05) is 72.8 Å². The van der Waals surface area contributed by atoms with Gasteiger partial charge in [-0.2, -0.15) is 0 Å². The van der Waals surface area contributed by atoms with Gasteiger partial charge in [-0.05, 0) is 46.7 Å². The maximum atomic E-state index is 11.7. The summed E-state index contributed by atoms with van der Waals surface area (Å²) in [5, 5.41) is 41.4. The number of unbranched alkanes of at least 4 members (excludes halogenated alkanes) is 3. The lowest BCUT2D eigenvalue weighted by Crippen LogP contribution is -2.42. The fourth-order valence-corrected chi connectivity index (χ4v) is 4.02. The lowest BCUT2D eigenvalue weighted by atomic mass is 10.1. The van der Waals surface area contributed by atoms with E-state index in [-0.39, 0.29) is 69.3 Å². The fourth-order valence-electron chi connectivity index (χ4n) is 4.02. The molecule has 0 radical (unpaired) electrons. The third-order valence-corrected chi connectivity index (χ3v) is 6.20. The first-order valence-corrected chi connectivity index (χ1v) is 14.8. The number of hydrogen-bond acceptors (Lipinski definition) is 13. The minimum atomic E-state index is -1.00. The van der Waals surface area contributed by atoms with Gasteiger partial charge in [-0.15, -0.1) is 0 Å². The van der Waals surface area contributed by atoms with Crippen LogP contribution in [0.4, 0.5) is 0 Å². The van der Waals surface area contributed by atoms with Crippen LogP contribution in [-0.4, -0.2) is 145 Å². The second-order valence-electron chi connectivity index (χ2n) is 11.1. The first-order valence-electron chi connectivity index (χ1n) is 14.8. The summed E-state index contributed by atoms with van der Waals surface area (Å²) in [4.78, 5) is 38.7. The van der Waals surface area contributed by atoms with Crippen molar-refractivity contribution in [3.8, 4) is 0 Å². The van der Waals surface area contributed by atoms with Gasteiger partial charge in [0.25, 0.3) is 0 Å². The molecule has 13 heteroatoms. The Kier molecular flexibility index (Phi) is 22.3. The topological polar surface area (TPSA) is 176 Å². The molecular formula is C31H54N2O11. The predicted octanol–water partition coefficient (Wildman–Crippen LogP) is 0.599. The van der Waals surface area contributed by atoms with E-state index < -0.39 is 42.3 Å². The Morgan fingerprint density at radius 2 is 0.818 bits per heavy atom. The van der Waals surface area contributed by atoms with Gasteiger partial charge in [0.1, 0.15) is 38.1 Å². The molecule has 4 unspecified atom stereocenters. The molecular weight excluding hydrogens is 576 g/mol. The van der Waals surface area contributed by atoms with E-state index in [0.29, 0.717) is 13.1 Å². The molecule has 44 heavy (non-hydrogen) atoms. The van der Waals surface area contributed by atoms with E-state index in [1.807, 2.05) is 9.80 Å². The molecule has 0 saturated heterocycles. The summed E-state index contributed by atoms with van der Waals surface area (Å²) in [6.07, 6.45) is -0.578. The molecule has 0 fully saturated rings. The number of nitrogens with zero attached hydrogens (tertiary/aromatic N) is 2. The normalized spacial score (nSPS) is 14.0. The zero-order valence-corrected chi connectivity index (χ0v) is 26.9. The highest BCUT2D eigenvalue weighted by Crippen LogP contribution is 2.08. The van der Waals surface area contributed by atoms with Crippen LogP contribution in [0, 0.1) is 0 Å². The third kappa shape index (κ3) is 21.1. The van der Waals surface area contributed by atoms with Crippen LogP contribution in [-0.2, 0) is 33.3 Å². The molecule has 0 aliphatic rings. The molecule has 0 aliphatic heterocycles. The number of methoxy groups -OCH3 is 1. The Hall–Kier alpha value is -2.65. The van der Waals surface area contributed by atoms with Crippen molar-refractivity contribution in [2.45, 2.75) is 70.9 Å². The Labute approximate surface area is 261 Å². The molecule has 0 rings (SSSR count). The van der Waals surface area contributed by atoms with Crippen molar-refractivity contribution < 1.29 is 53.8 Å². The summed E-state index contributed by atoms with van der Waals surface area (Å²) in [7, 11) is 1.49. The molecule has 254 valence electrons. The van der Waals surface area contributed by atoms with Crippen molar-refractivity contribution >= 4 is 17.9 Å². The first-order chi connectivity index (χ1) is 20.7. The average molecular weight is 631 g/mol. The summed E-state index contributed by atoms with van der Waals surface area (Å²) >= 11 is 0. The number of carbonyl (C=O) groups is 3. The van der Waals surface area contributed by atoms with Crippen LogP contribution < -0.4 is 0 Å². The van der Waals surface area contributed by atoms with E-state index in [4.69, 9.17) is 18.9 Å². The van der Waals surface area contributed by atoms with Crippen molar-refractivity contribution in [3.05, 3.63) is 36.5 Å². The average Bonchev–Trinajstić information content (AvgIpc) is 2.94. The lowest BCUT2D eigenvalue weighted by Gasteiger charge is -2.28. The SMILES string of the molecule is C=C(C)C(=O)OCC(O)CN(CCCCCCN(CC(O)COC(=O)C(=C)C)CC(O)COC(=O)C(=C)C)CC(O)COC. The van der Waals surface area contributed by atoms with Gasteiger partial charge in [0.15, 0.2) is 0 Å². The number of hydrogen-bond donors (Lipinski definition) is 4. The maximum absolute atomic E-state index is 11.7. The van der Waals surface area contributed by atoms with Crippen molar-refractivity contribution in [1.29, 1.82) is 0 Å². The number of esters is 3. The molecule has 0 saturated carbocycles. The summed E-state index contributed by atoms with van der Waals surface area (Å²) in [5.74, 6) is -1.79. The van der Waals surface area contributed by atoms with E-state index in [1.165, 1.54) is 27.9 Å². The van der Waals surface area contributed by atoms with Crippen molar-refractivity contribution in [3.63, 3.8) is 0 Å². The Bertz CT molecular complexity index is 873. The van der Waals surface area contributed by atoms with Crippen LogP contribution in [0.1, 0.15) is 46.5 Å². The smallest absolute Gasteiger partial charge is 0.333 e. The Morgan fingerprint density at radius 1 is 0.545 bits per heavy atom. The lowest BCUT2D eigenvalue weighted by molar-refractivity contribution is -0.143. The third-order valence-electron chi connectivity index (χ3n) is 6.20. The van der Waals surface area contributed by atoms with Crippen molar-refractivity contribution in [2.24, 2.45) is 0 Å². The molecule has 4 atom stereocenters. The number of aliphatic hydroxyl groups excluding tert-OH is 4. The molecule has 0 aromatic rings. The molecule has 13 nitrogen and oxygen atoms in total. The molecule has 0 aromatic carbocycles. The van der Waals surface area contributed by atoms with Gasteiger partial charge in [-0.1, -0.05) is 32.6 Å². The second kappa shape index (κ2) is 23.7. The fraction of sp³-hybridized carbons (Fsp3) is 0.710. The maximum Gasteiger partial charge on any atom is 0.333 e. The zero-order valence-electron chi connectivity index (χ0n) is 26.9.